The smallest absolute Gasteiger partial charge is 0.0722 e. The summed E-state index contributed by atoms with van der Waals surface area (Å²) in [4.78, 5) is 0. The second-order valence-corrected chi connectivity index (χ2v) is 4.82. The van der Waals surface area contributed by atoms with Gasteiger partial charge in [-0.2, -0.15) is 0 Å². The Hall–Kier alpha value is -0.0800. The van der Waals surface area contributed by atoms with Crippen LogP contribution in [0.25, 0.3) is 0 Å². The number of likely N-dealkylation sites (N-methyl/N-ethyl adjacent to an activating group) is 1. The molecule has 1 N–H and O–H groups in total. The van der Waals surface area contributed by atoms with Gasteiger partial charge in [0.1, 0.15) is 0 Å². The highest BCUT2D eigenvalue weighted by Gasteiger charge is 2.19. The second kappa shape index (κ2) is 6.41. The largest absolute Gasteiger partial charge is 0.376 e. The minimum Gasteiger partial charge on any atom is -0.376 e. The summed E-state index contributed by atoms with van der Waals surface area (Å²) in [5.41, 5.74) is 0. The third-order valence-corrected chi connectivity index (χ3v) is 3.17. The molecule has 0 aromatic carbocycles. The molecule has 0 bridgehead atoms. The summed E-state index contributed by atoms with van der Waals surface area (Å²) in [7, 11) is 1.99. The molecule has 1 unspecified atom stereocenters. The van der Waals surface area contributed by atoms with E-state index in [0.29, 0.717) is 12.0 Å². The summed E-state index contributed by atoms with van der Waals surface area (Å²) in [5.74, 6) is 1.46. The first-order valence-corrected chi connectivity index (χ1v) is 6.00. The lowest BCUT2D eigenvalue weighted by Gasteiger charge is -2.23. The predicted molar refractivity (Wildman–Crippen MR) is 60.5 cm³/mol. The fraction of sp³-hybridized carbons (Fsp3) is 1.00. The van der Waals surface area contributed by atoms with Gasteiger partial charge in [-0.15, -0.1) is 0 Å². The van der Waals surface area contributed by atoms with Gasteiger partial charge in [0.15, 0.2) is 0 Å². The molecule has 0 aromatic heterocycles. The van der Waals surface area contributed by atoms with E-state index in [1.165, 1.54) is 25.7 Å². The van der Waals surface area contributed by atoms with Crippen LogP contribution < -0.4 is 5.32 Å². The van der Waals surface area contributed by atoms with Gasteiger partial charge in [-0.3, -0.25) is 0 Å². The maximum atomic E-state index is 5.97. The van der Waals surface area contributed by atoms with Crippen molar-refractivity contribution in [2.24, 2.45) is 11.8 Å². The first kappa shape index (κ1) is 12.0. The first-order chi connectivity index (χ1) is 6.74. The number of hydrogen-bond donors (Lipinski definition) is 1. The second-order valence-electron chi connectivity index (χ2n) is 4.82. The Balaban J connectivity index is 2.17. The van der Waals surface area contributed by atoms with Crippen molar-refractivity contribution < 1.29 is 4.74 Å². The van der Waals surface area contributed by atoms with Crippen molar-refractivity contribution in [1.82, 2.24) is 5.32 Å². The zero-order valence-electron chi connectivity index (χ0n) is 9.88. The molecule has 0 heterocycles. The van der Waals surface area contributed by atoms with Gasteiger partial charge in [-0.1, -0.05) is 26.7 Å². The van der Waals surface area contributed by atoms with E-state index >= 15 is 0 Å². The average molecular weight is 199 g/mol. The van der Waals surface area contributed by atoms with Crippen LogP contribution in [0.5, 0.6) is 0 Å². The quantitative estimate of drug-likeness (QED) is 0.709. The van der Waals surface area contributed by atoms with Gasteiger partial charge in [0.2, 0.25) is 0 Å². The normalized spacial score (nSPS) is 20.6. The van der Waals surface area contributed by atoms with E-state index in [1.807, 2.05) is 7.05 Å². The van der Waals surface area contributed by atoms with Gasteiger partial charge in [0, 0.05) is 13.2 Å². The molecular formula is C12H25NO. The van der Waals surface area contributed by atoms with Crippen LogP contribution in [-0.4, -0.2) is 26.3 Å². The summed E-state index contributed by atoms with van der Waals surface area (Å²) in [6, 6.07) is 0. The van der Waals surface area contributed by atoms with E-state index in [-0.39, 0.29) is 0 Å². The molecule has 1 atom stereocenters. The van der Waals surface area contributed by atoms with Crippen molar-refractivity contribution in [1.29, 1.82) is 0 Å². The van der Waals surface area contributed by atoms with Crippen LogP contribution in [0.4, 0.5) is 0 Å². The molecule has 0 amide bonds. The van der Waals surface area contributed by atoms with Gasteiger partial charge in [-0.25, -0.2) is 0 Å². The molecule has 14 heavy (non-hydrogen) atoms. The highest BCUT2D eigenvalue weighted by atomic mass is 16.5. The maximum absolute atomic E-state index is 5.97. The van der Waals surface area contributed by atoms with Gasteiger partial charge in [0.25, 0.3) is 0 Å². The monoisotopic (exact) mass is 199 g/mol. The number of hydrogen-bond acceptors (Lipinski definition) is 2. The highest BCUT2D eigenvalue weighted by Crippen LogP contribution is 2.25. The van der Waals surface area contributed by atoms with Gasteiger partial charge < -0.3 is 10.1 Å². The van der Waals surface area contributed by atoms with E-state index in [0.717, 1.165) is 19.1 Å². The van der Waals surface area contributed by atoms with Crippen molar-refractivity contribution in [3.63, 3.8) is 0 Å². The number of nitrogens with one attached hydrogen (secondary N) is 1. The van der Waals surface area contributed by atoms with Crippen LogP contribution in [0.1, 0.15) is 39.5 Å². The molecule has 0 radical (unpaired) electrons. The standard InChI is InChI=1S/C12H25NO/c1-10(2)12(8-13-3)14-9-11-6-4-5-7-11/h10-13H,4-9H2,1-3H3. The highest BCUT2D eigenvalue weighted by molar-refractivity contribution is 4.69. The Labute approximate surface area is 88.4 Å². The Bertz CT molecular complexity index is 141. The molecule has 1 aliphatic carbocycles. The molecule has 0 aromatic rings. The summed E-state index contributed by atoms with van der Waals surface area (Å²) in [6.07, 6.45) is 5.97. The molecule has 2 heteroatoms. The zero-order chi connectivity index (χ0) is 10.4. The van der Waals surface area contributed by atoms with Crippen molar-refractivity contribution in [2.45, 2.75) is 45.6 Å². The van der Waals surface area contributed by atoms with E-state index < -0.39 is 0 Å². The number of ether oxygens (including phenoxy) is 1. The van der Waals surface area contributed by atoms with Gasteiger partial charge in [-0.05, 0) is 31.7 Å². The fourth-order valence-electron chi connectivity index (χ4n) is 2.12. The Morgan fingerprint density at radius 2 is 1.93 bits per heavy atom. The van der Waals surface area contributed by atoms with E-state index in [1.54, 1.807) is 0 Å². The molecule has 0 saturated heterocycles. The maximum Gasteiger partial charge on any atom is 0.0722 e. The molecule has 1 fully saturated rings. The van der Waals surface area contributed by atoms with Crippen molar-refractivity contribution in [3.05, 3.63) is 0 Å². The lowest BCUT2D eigenvalue weighted by Crippen LogP contribution is -2.32. The van der Waals surface area contributed by atoms with Crippen LogP contribution in [0.3, 0.4) is 0 Å². The molecule has 1 rings (SSSR count). The third-order valence-electron chi connectivity index (χ3n) is 3.17. The van der Waals surface area contributed by atoms with E-state index in [9.17, 15) is 0 Å². The van der Waals surface area contributed by atoms with Crippen molar-refractivity contribution in [2.75, 3.05) is 20.2 Å². The molecular weight excluding hydrogens is 174 g/mol. The lowest BCUT2D eigenvalue weighted by molar-refractivity contribution is 0.00489. The number of rotatable bonds is 6. The van der Waals surface area contributed by atoms with Crippen molar-refractivity contribution in [3.8, 4) is 0 Å². The minimum absolute atomic E-state index is 0.389. The summed E-state index contributed by atoms with van der Waals surface area (Å²) < 4.78 is 5.97. The minimum atomic E-state index is 0.389. The predicted octanol–water partition coefficient (Wildman–Crippen LogP) is 2.44. The average Bonchev–Trinajstić information content (AvgIpc) is 2.64. The summed E-state index contributed by atoms with van der Waals surface area (Å²) in [6.45, 7) is 6.42. The zero-order valence-corrected chi connectivity index (χ0v) is 9.88. The molecule has 1 saturated carbocycles. The SMILES string of the molecule is CNCC(OCC1CCCC1)C(C)C. The fourth-order valence-corrected chi connectivity index (χ4v) is 2.12. The Morgan fingerprint density at radius 1 is 1.29 bits per heavy atom. The Kier molecular flexibility index (Phi) is 5.49. The lowest BCUT2D eigenvalue weighted by atomic mass is 10.1. The molecule has 0 spiro atoms. The van der Waals surface area contributed by atoms with Crippen LogP contribution in [0.15, 0.2) is 0 Å². The van der Waals surface area contributed by atoms with Crippen molar-refractivity contribution >= 4 is 0 Å². The molecule has 1 aliphatic rings. The summed E-state index contributed by atoms with van der Waals surface area (Å²) in [5, 5.41) is 3.20. The Morgan fingerprint density at radius 3 is 2.43 bits per heavy atom. The molecule has 84 valence electrons. The third kappa shape index (κ3) is 3.97. The summed E-state index contributed by atoms with van der Waals surface area (Å²) >= 11 is 0. The van der Waals surface area contributed by atoms with E-state index in [2.05, 4.69) is 19.2 Å². The molecule has 0 aliphatic heterocycles. The topological polar surface area (TPSA) is 21.3 Å². The van der Waals surface area contributed by atoms with Crippen LogP contribution in [0.2, 0.25) is 0 Å². The van der Waals surface area contributed by atoms with Gasteiger partial charge in [0.05, 0.1) is 6.10 Å². The van der Waals surface area contributed by atoms with Crippen LogP contribution in [0, 0.1) is 11.8 Å². The molecule has 2 nitrogen and oxygen atoms in total. The van der Waals surface area contributed by atoms with Crippen LogP contribution in [-0.2, 0) is 4.74 Å². The van der Waals surface area contributed by atoms with E-state index in [4.69, 9.17) is 4.74 Å². The first-order valence-electron chi connectivity index (χ1n) is 6.00. The van der Waals surface area contributed by atoms with Crippen LogP contribution >= 0.6 is 0 Å². The van der Waals surface area contributed by atoms with Gasteiger partial charge >= 0.3 is 0 Å².